The molecule has 4 rings (SSSR count). The van der Waals surface area contributed by atoms with E-state index in [1.54, 1.807) is 12.1 Å². The molecule has 2 heterocycles. The van der Waals surface area contributed by atoms with Gasteiger partial charge in [0.05, 0.1) is 6.07 Å². The van der Waals surface area contributed by atoms with Gasteiger partial charge in [-0.15, -0.1) is 0 Å². The summed E-state index contributed by atoms with van der Waals surface area (Å²) >= 11 is 0. The Morgan fingerprint density at radius 3 is 2.21 bits per heavy atom. The molecule has 178 valence electrons. The van der Waals surface area contributed by atoms with Gasteiger partial charge >= 0.3 is 0 Å². The minimum atomic E-state index is -0.824. The monoisotopic (exact) mass is 455 g/mol. The molecule has 1 N–H and O–H groups in total. The minimum absolute atomic E-state index is 0.0583. The van der Waals surface area contributed by atoms with Crippen LogP contribution in [0, 0.1) is 29.0 Å². The Morgan fingerprint density at radius 2 is 1.61 bits per heavy atom. The maximum Gasteiger partial charge on any atom is 0.226 e. The Balaban J connectivity index is 1.37. The van der Waals surface area contributed by atoms with Crippen molar-refractivity contribution in [2.24, 2.45) is 11.8 Å². The van der Waals surface area contributed by atoms with Crippen molar-refractivity contribution < 1.29 is 14.0 Å². The Kier molecular flexibility index (Phi) is 7.18. The highest BCUT2D eigenvalue weighted by atomic mass is 19.1. The average molecular weight is 456 g/mol. The first-order chi connectivity index (χ1) is 15.9. The molecular formula is C25H34FN5O2. The molecule has 2 saturated heterocycles. The summed E-state index contributed by atoms with van der Waals surface area (Å²) in [5, 5.41) is 12.9. The van der Waals surface area contributed by atoms with Gasteiger partial charge in [-0.25, -0.2) is 4.39 Å². The smallest absolute Gasteiger partial charge is 0.226 e. The fraction of sp³-hybridized carbons (Fsp3) is 0.640. The molecule has 1 aliphatic carbocycles. The number of benzene rings is 1. The first-order valence-electron chi connectivity index (χ1n) is 12.1. The lowest BCUT2D eigenvalue weighted by Gasteiger charge is -2.41. The lowest BCUT2D eigenvalue weighted by Crippen LogP contribution is -2.57. The number of nitriles is 1. The summed E-state index contributed by atoms with van der Waals surface area (Å²) in [4.78, 5) is 32.9. The maximum atomic E-state index is 13.4. The summed E-state index contributed by atoms with van der Waals surface area (Å²) in [6, 6.07) is 8.80. The summed E-state index contributed by atoms with van der Waals surface area (Å²) in [6.07, 6.45) is 4.52. The molecule has 0 bridgehead atoms. The van der Waals surface area contributed by atoms with Crippen molar-refractivity contribution in [3.8, 4) is 6.07 Å². The van der Waals surface area contributed by atoms with Gasteiger partial charge in [0, 0.05) is 56.8 Å². The highest BCUT2D eigenvalue weighted by Crippen LogP contribution is 2.33. The Bertz CT molecular complexity index is 883. The van der Waals surface area contributed by atoms with Crippen LogP contribution in [0.2, 0.25) is 0 Å². The van der Waals surface area contributed by atoms with Crippen molar-refractivity contribution in [1.29, 1.82) is 5.26 Å². The van der Waals surface area contributed by atoms with Crippen molar-refractivity contribution in [1.82, 2.24) is 15.1 Å². The number of piperazine rings is 1. The van der Waals surface area contributed by atoms with Gasteiger partial charge in [0.25, 0.3) is 0 Å². The quantitative estimate of drug-likeness (QED) is 0.754. The van der Waals surface area contributed by atoms with E-state index in [4.69, 9.17) is 0 Å². The molecule has 0 radical (unpaired) electrons. The second-order valence-electron chi connectivity index (χ2n) is 9.77. The summed E-state index contributed by atoms with van der Waals surface area (Å²) in [5.74, 6) is -1.02. The number of amides is 2. The molecule has 2 unspecified atom stereocenters. The molecule has 1 aromatic carbocycles. The summed E-state index contributed by atoms with van der Waals surface area (Å²) in [5.41, 5.74) is 0.133. The van der Waals surface area contributed by atoms with Crippen LogP contribution in [-0.2, 0) is 9.59 Å². The zero-order chi connectivity index (χ0) is 23.4. The molecule has 3 aliphatic rings. The number of likely N-dealkylation sites (tertiary alicyclic amines) is 1. The Labute approximate surface area is 195 Å². The normalized spacial score (nSPS) is 25.8. The molecule has 33 heavy (non-hydrogen) atoms. The molecule has 1 aromatic rings. The van der Waals surface area contributed by atoms with Gasteiger partial charge in [-0.05, 0) is 57.0 Å². The van der Waals surface area contributed by atoms with Gasteiger partial charge in [0.15, 0.2) is 0 Å². The lowest BCUT2D eigenvalue weighted by molar-refractivity contribution is -0.144. The third-order valence-electron chi connectivity index (χ3n) is 7.62. The third kappa shape index (κ3) is 5.30. The molecule has 0 aromatic heterocycles. The number of carbonyl (C=O) groups is 2. The van der Waals surface area contributed by atoms with Gasteiger partial charge in [-0.3, -0.25) is 9.59 Å². The summed E-state index contributed by atoms with van der Waals surface area (Å²) in [7, 11) is 2.02. The van der Waals surface area contributed by atoms with Crippen molar-refractivity contribution in [2.75, 3.05) is 51.2 Å². The van der Waals surface area contributed by atoms with Gasteiger partial charge < -0.3 is 20.0 Å². The predicted molar refractivity (Wildman–Crippen MR) is 124 cm³/mol. The van der Waals surface area contributed by atoms with E-state index in [-0.39, 0.29) is 29.5 Å². The second-order valence-corrected chi connectivity index (χ2v) is 9.77. The van der Waals surface area contributed by atoms with Crippen molar-refractivity contribution >= 4 is 17.5 Å². The molecule has 3 fully saturated rings. The number of rotatable bonds is 4. The number of carbonyl (C=O) groups excluding carboxylic acids is 2. The number of hydrogen-bond donors (Lipinski definition) is 1. The van der Waals surface area contributed by atoms with E-state index in [0.717, 1.165) is 38.0 Å². The minimum Gasteiger partial charge on any atom is -0.368 e. The first-order valence-corrected chi connectivity index (χ1v) is 12.1. The van der Waals surface area contributed by atoms with E-state index in [9.17, 15) is 19.2 Å². The standard InChI is InChI=1S/C25H34FN5O2/c1-29-12-10-25(18-27,11-13-29)28-23(32)21-4-2-3-5-22(21)24(33)31-16-14-30(15-17-31)20-8-6-19(26)7-9-20/h6-9,21-22H,2-5,10-17H2,1H3,(H,28,32). The highest BCUT2D eigenvalue weighted by molar-refractivity contribution is 5.88. The van der Waals surface area contributed by atoms with Crippen molar-refractivity contribution in [3.05, 3.63) is 30.1 Å². The van der Waals surface area contributed by atoms with Crippen LogP contribution >= 0.6 is 0 Å². The van der Waals surface area contributed by atoms with Crippen LogP contribution in [0.5, 0.6) is 0 Å². The zero-order valence-electron chi connectivity index (χ0n) is 19.4. The molecule has 1 saturated carbocycles. The SMILES string of the molecule is CN1CCC(C#N)(NC(=O)C2CCCCC2C(=O)N2CCN(c3ccc(F)cc3)CC2)CC1. The molecule has 2 atom stereocenters. The van der Waals surface area contributed by atoms with Crippen LogP contribution in [0.4, 0.5) is 10.1 Å². The van der Waals surface area contributed by atoms with E-state index < -0.39 is 5.54 Å². The van der Waals surface area contributed by atoms with Crippen LogP contribution in [0.25, 0.3) is 0 Å². The third-order valence-corrected chi connectivity index (χ3v) is 7.62. The van der Waals surface area contributed by atoms with Crippen molar-refractivity contribution in [2.45, 2.75) is 44.1 Å². The fourth-order valence-corrected chi connectivity index (χ4v) is 5.41. The van der Waals surface area contributed by atoms with E-state index in [1.165, 1.54) is 12.1 Å². The van der Waals surface area contributed by atoms with Gasteiger partial charge in [-0.1, -0.05) is 12.8 Å². The van der Waals surface area contributed by atoms with Crippen LogP contribution < -0.4 is 10.2 Å². The van der Waals surface area contributed by atoms with E-state index in [0.29, 0.717) is 45.4 Å². The van der Waals surface area contributed by atoms with Crippen LogP contribution in [-0.4, -0.2) is 73.5 Å². The van der Waals surface area contributed by atoms with Crippen LogP contribution in [0.3, 0.4) is 0 Å². The fourth-order valence-electron chi connectivity index (χ4n) is 5.41. The maximum absolute atomic E-state index is 13.4. The number of piperidine rings is 1. The zero-order valence-corrected chi connectivity index (χ0v) is 19.4. The topological polar surface area (TPSA) is 79.7 Å². The Morgan fingerprint density at radius 1 is 1.00 bits per heavy atom. The molecule has 0 spiro atoms. The molecule has 2 aliphatic heterocycles. The van der Waals surface area contributed by atoms with Crippen LogP contribution in [0.1, 0.15) is 38.5 Å². The summed E-state index contributed by atoms with van der Waals surface area (Å²) < 4.78 is 13.2. The van der Waals surface area contributed by atoms with Crippen LogP contribution in [0.15, 0.2) is 24.3 Å². The van der Waals surface area contributed by atoms with Gasteiger partial charge in [0.2, 0.25) is 11.8 Å². The first kappa shape index (κ1) is 23.5. The van der Waals surface area contributed by atoms with Crippen molar-refractivity contribution in [3.63, 3.8) is 0 Å². The average Bonchev–Trinajstić information content (AvgIpc) is 2.86. The number of nitrogens with one attached hydrogen (secondary N) is 1. The second kappa shape index (κ2) is 10.1. The van der Waals surface area contributed by atoms with Gasteiger partial charge in [0.1, 0.15) is 11.4 Å². The highest BCUT2D eigenvalue weighted by Gasteiger charge is 2.42. The van der Waals surface area contributed by atoms with E-state index in [2.05, 4.69) is 21.2 Å². The van der Waals surface area contributed by atoms with E-state index >= 15 is 0 Å². The molecule has 7 nitrogen and oxygen atoms in total. The molecule has 8 heteroatoms. The predicted octanol–water partition coefficient (Wildman–Crippen LogP) is 2.38. The Hall–Kier alpha value is -2.66. The van der Waals surface area contributed by atoms with E-state index in [1.807, 2.05) is 11.9 Å². The summed E-state index contributed by atoms with van der Waals surface area (Å²) in [6.45, 7) is 4.11. The molecule has 2 amide bonds. The van der Waals surface area contributed by atoms with Gasteiger partial charge in [-0.2, -0.15) is 5.26 Å². The largest absolute Gasteiger partial charge is 0.368 e. The molecular weight excluding hydrogens is 421 g/mol. The number of nitrogens with zero attached hydrogens (tertiary/aromatic N) is 4. The number of hydrogen-bond acceptors (Lipinski definition) is 5. The number of halogens is 1. The number of anilines is 1. The lowest BCUT2D eigenvalue weighted by atomic mass is 9.77.